The van der Waals surface area contributed by atoms with Gasteiger partial charge in [0.25, 0.3) is 0 Å². The van der Waals surface area contributed by atoms with Gasteiger partial charge in [0, 0.05) is 7.92 Å². The van der Waals surface area contributed by atoms with Gasteiger partial charge in [-0.1, -0.05) is 66.7 Å². The first-order chi connectivity index (χ1) is 9.45. The Morgan fingerprint density at radius 2 is 1.32 bits per heavy atom. The van der Waals surface area contributed by atoms with E-state index in [0.717, 1.165) is 0 Å². The summed E-state index contributed by atoms with van der Waals surface area (Å²) in [7, 11) is -0.529. The zero-order chi connectivity index (χ0) is 12.9. The van der Waals surface area contributed by atoms with Gasteiger partial charge >= 0.3 is 0 Å². The van der Waals surface area contributed by atoms with Gasteiger partial charge in [-0.3, -0.25) is 0 Å². The van der Waals surface area contributed by atoms with E-state index in [4.69, 9.17) is 4.74 Å². The van der Waals surface area contributed by atoms with E-state index >= 15 is 0 Å². The quantitative estimate of drug-likeness (QED) is 0.772. The van der Waals surface area contributed by atoms with Crippen LogP contribution < -0.4 is 10.6 Å². The molecule has 0 bridgehead atoms. The first kappa shape index (κ1) is 12.2. The maximum absolute atomic E-state index is 5.81. The van der Waals surface area contributed by atoms with Crippen molar-refractivity contribution in [3.05, 3.63) is 85.2 Å². The van der Waals surface area contributed by atoms with Gasteiger partial charge in [0.1, 0.15) is 5.85 Å². The van der Waals surface area contributed by atoms with Gasteiger partial charge in [0.05, 0.1) is 6.26 Å². The predicted octanol–water partition coefficient (Wildman–Crippen LogP) is 3.55. The Balaban J connectivity index is 2.01. The van der Waals surface area contributed by atoms with Crippen molar-refractivity contribution in [1.82, 2.24) is 0 Å². The Morgan fingerprint density at radius 1 is 0.737 bits per heavy atom. The maximum atomic E-state index is 5.81. The SMILES string of the molecule is C1=COC(P(c2ccccc2)c2ccccc2)C=C1. The van der Waals surface area contributed by atoms with E-state index in [0.29, 0.717) is 0 Å². The predicted molar refractivity (Wildman–Crippen MR) is 82.2 cm³/mol. The smallest absolute Gasteiger partial charge is 0.143 e. The van der Waals surface area contributed by atoms with Crippen LogP contribution in [0.15, 0.2) is 85.2 Å². The third-order valence-electron chi connectivity index (χ3n) is 3.01. The Morgan fingerprint density at radius 3 is 1.79 bits per heavy atom. The van der Waals surface area contributed by atoms with E-state index in [9.17, 15) is 0 Å². The lowest BCUT2D eigenvalue weighted by molar-refractivity contribution is 0.254. The van der Waals surface area contributed by atoms with E-state index in [-0.39, 0.29) is 5.85 Å². The maximum Gasteiger partial charge on any atom is 0.143 e. The molecule has 2 heteroatoms. The summed E-state index contributed by atoms with van der Waals surface area (Å²) in [6.07, 6.45) is 7.92. The second-order valence-corrected chi connectivity index (χ2v) is 6.56. The molecule has 1 atom stereocenters. The zero-order valence-corrected chi connectivity index (χ0v) is 11.4. The second-order valence-electron chi connectivity index (χ2n) is 4.28. The Hall–Kier alpha value is -1.85. The summed E-state index contributed by atoms with van der Waals surface area (Å²) in [4.78, 5) is 0. The molecule has 0 saturated heterocycles. The van der Waals surface area contributed by atoms with Crippen LogP contribution in [0.5, 0.6) is 0 Å². The lowest BCUT2D eigenvalue weighted by atomic mass is 10.4. The van der Waals surface area contributed by atoms with Crippen molar-refractivity contribution in [3.8, 4) is 0 Å². The summed E-state index contributed by atoms with van der Waals surface area (Å²) in [5, 5.41) is 2.68. The molecule has 0 aliphatic carbocycles. The van der Waals surface area contributed by atoms with Crippen LogP contribution in [0.2, 0.25) is 0 Å². The summed E-state index contributed by atoms with van der Waals surface area (Å²) in [6, 6.07) is 21.2. The fourth-order valence-corrected chi connectivity index (χ4v) is 4.48. The van der Waals surface area contributed by atoms with E-state index < -0.39 is 7.92 Å². The highest BCUT2D eigenvalue weighted by molar-refractivity contribution is 7.73. The fourth-order valence-electron chi connectivity index (χ4n) is 2.14. The zero-order valence-electron chi connectivity index (χ0n) is 10.5. The molecule has 0 aromatic heterocycles. The average Bonchev–Trinajstić information content (AvgIpc) is 2.51. The van der Waals surface area contributed by atoms with Crippen LogP contribution in [0.1, 0.15) is 0 Å². The van der Waals surface area contributed by atoms with Gasteiger partial charge in [-0.15, -0.1) is 0 Å². The minimum absolute atomic E-state index is 0.116. The second kappa shape index (κ2) is 5.86. The number of ether oxygens (including phenoxy) is 1. The monoisotopic (exact) mass is 266 g/mol. The van der Waals surface area contributed by atoms with Gasteiger partial charge in [0.15, 0.2) is 0 Å². The minimum atomic E-state index is -0.529. The number of hydrogen-bond acceptors (Lipinski definition) is 1. The number of allylic oxidation sites excluding steroid dienone is 2. The molecule has 19 heavy (non-hydrogen) atoms. The van der Waals surface area contributed by atoms with Crippen molar-refractivity contribution in [2.45, 2.75) is 5.85 Å². The van der Waals surface area contributed by atoms with Crippen molar-refractivity contribution < 1.29 is 4.74 Å². The molecule has 1 nitrogen and oxygen atoms in total. The van der Waals surface area contributed by atoms with Crippen molar-refractivity contribution in [3.63, 3.8) is 0 Å². The molecule has 1 unspecified atom stereocenters. The molecular formula is C17H15OP. The molecule has 0 amide bonds. The summed E-state index contributed by atoms with van der Waals surface area (Å²) in [5.74, 6) is 0.116. The van der Waals surface area contributed by atoms with E-state index in [1.54, 1.807) is 6.26 Å². The summed E-state index contributed by atoms with van der Waals surface area (Å²) < 4.78 is 5.81. The average molecular weight is 266 g/mol. The van der Waals surface area contributed by atoms with E-state index in [1.807, 2.05) is 6.08 Å². The molecule has 3 rings (SSSR count). The van der Waals surface area contributed by atoms with Crippen LogP contribution >= 0.6 is 7.92 Å². The minimum Gasteiger partial charge on any atom is -0.489 e. The van der Waals surface area contributed by atoms with Crippen LogP contribution in [0, 0.1) is 0 Å². The lowest BCUT2D eigenvalue weighted by Gasteiger charge is -2.26. The molecule has 0 fully saturated rings. The van der Waals surface area contributed by atoms with E-state index in [1.165, 1.54) is 10.6 Å². The summed E-state index contributed by atoms with van der Waals surface area (Å²) in [5.41, 5.74) is 0. The molecule has 1 heterocycles. The number of benzene rings is 2. The van der Waals surface area contributed by atoms with Crippen LogP contribution in [-0.4, -0.2) is 5.85 Å². The molecule has 1 aliphatic rings. The third-order valence-corrected chi connectivity index (χ3v) is 5.52. The van der Waals surface area contributed by atoms with Crippen molar-refractivity contribution >= 4 is 18.5 Å². The van der Waals surface area contributed by atoms with Gasteiger partial charge in [-0.25, -0.2) is 0 Å². The standard InChI is InChI=1S/C17H15OP/c1-3-9-15(10-4-1)19(16-11-5-2-6-12-16)17-13-7-8-14-18-17/h1-14,17H. The molecule has 2 aromatic carbocycles. The molecule has 0 saturated carbocycles. The summed E-state index contributed by atoms with van der Waals surface area (Å²) >= 11 is 0. The van der Waals surface area contributed by atoms with Crippen LogP contribution in [0.25, 0.3) is 0 Å². The Kier molecular flexibility index (Phi) is 3.76. The molecular weight excluding hydrogens is 251 g/mol. The normalized spacial score (nSPS) is 17.4. The Labute approximate surface area is 115 Å². The molecule has 0 N–H and O–H groups in total. The first-order valence-electron chi connectivity index (χ1n) is 6.33. The lowest BCUT2D eigenvalue weighted by Crippen LogP contribution is -2.22. The van der Waals surface area contributed by atoms with Gasteiger partial charge in [-0.2, -0.15) is 0 Å². The van der Waals surface area contributed by atoms with Crippen LogP contribution in [-0.2, 0) is 4.74 Å². The topological polar surface area (TPSA) is 9.23 Å². The van der Waals surface area contributed by atoms with Crippen molar-refractivity contribution in [2.24, 2.45) is 0 Å². The number of hydrogen-bond donors (Lipinski definition) is 0. The summed E-state index contributed by atoms with van der Waals surface area (Å²) in [6.45, 7) is 0. The van der Waals surface area contributed by atoms with Crippen molar-refractivity contribution in [1.29, 1.82) is 0 Å². The molecule has 1 aliphatic heterocycles. The third kappa shape index (κ3) is 2.77. The molecule has 94 valence electrons. The molecule has 0 radical (unpaired) electrons. The highest BCUT2D eigenvalue weighted by atomic mass is 31.1. The first-order valence-corrected chi connectivity index (χ1v) is 7.74. The van der Waals surface area contributed by atoms with Gasteiger partial charge < -0.3 is 4.74 Å². The van der Waals surface area contributed by atoms with Gasteiger partial charge in [-0.05, 0) is 22.8 Å². The Bertz CT molecular complexity index is 535. The van der Waals surface area contributed by atoms with Crippen molar-refractivity contribution in [2.75, 3.05) is 0 Å². The van der Waals surface area contributed by atoms with Crippen LogP contribution in [0.4, 0.5) is 0 Å². The number of rotatable bonds is 3. The van der Waals surface area contributed by atoms with E-state index in [2.05, 4.69) is 72.8 Å². The molecule has 2 aromatic rings. The highest BCUT2D eigenvalue weighted by Crippen LogP contribution is 2.41. The fraction of sp³-hybridized carbons (Fsp3) is 0.0588. The largest absolute Gasteiger partial charge is 0.489 e. The highest BCUT2D eigenvalue weighted by Gasteiger charge is 2.23. The molecule has 0 spiro atoms. The van der Waals surface area contributed by atoms with Gasteiger partial charge in [0.2, 0.25) is 0 Å². The van der Waals surface area contributed by atoms with Crippen LogP contribution in [0.3, 0.4) is 0 Å².